The monoisotopic (exact) mass is 363 g/mol. The second kappa shape index (κ2) is 6.61. The van der Waals surface area contributed by atoms with Crippen LogP contribution < -0.4 is 5.32 Å². The van der Waals surface area contributed by atoms with Gasteiger partial charge in [0.25, 0.3) is 5.91 Å². The molecule has 0 unspecified atom stereocenters. The summed E-state index contributed by atoms with van der Waals surface area (Å²) < 4.78 is 5.80. The van der Waals surface area contributed by atoms with Gasteiger partial charge in [-0.25, -0.2) is 4.98 Å². The summed E-state index contributed by atoms with van der Waals surface area (Å²) in [4.78, 5) is 20.9. The molecule has 0 saturated carbocycles. The van der Waals surface area contributed by atoms with Crippen LogP contribution in [-0.2, 0) is 0 Å². The zero-order chi connectivity index (χ0) is 18.1. The fourth-order valence-electron chi connectivity index (χ4n) is 2.62. The van der Waals surface area contributed by atoms with Crippen LogP contribution in [0.1, 0.15) is 15.9 Å². The van der Waals surface area contributed by atoms with Crippen molar-refractivity contribution in [1.29, 1.82) is 0 Å². The molecule has 4 aromatic rings. The molecule has 0 bridgehead atoms. The van der Waals surface area contributed by atoms with Crippen molar-refractivity contribution in [3.8, 4) is 11.5 Å². The van der Waals surface area contributed by atoms with E-state index < -0.39 is 0 Å². The molecule has 0 atom stereocenters. The summed E-state index contributed by atoms with van der Waals surface area (Å²) in [6.07, 6.45) is 2.98. The molecule has 128 valence electrons. The summed E-state index contributed by atoms with van der Waals surface area (Å²) in [5.41, 5.74) is 4.18. The SMILES string of the molecule is Cc1ccc(-c2nc3ccccc3o2)cc1NC(=O)c1cnccc1Cl. The molecule has 0 spiro atoms. The van der Waals surface area contributed by atoms with Crippen molar-refractivity contribution in [3.05, 3.63) is 77.1 Å². The highest BCUT2D eigenvalue weighted by atomic mass is 35.5. The fourth-order valence-corrected chi connectivity index (χ4v) is 2.81. The molecular formula is C20H14ClN3O2. The summed E-state index contributed by atoms with van der Waals surface area (Å²) in [6, 6.07) is 14.8. The number of benzene rings is 2. The number of nitrogens with one attached hydrogen (secondary N) is 1. The van der Waals surface area contributed by atoms with Gasteiger partial charge < -0.3 is 9.73 Å². The van der Waals surface area contributed by atoms with Crippen LogP contribution in [0.15, 0.2) is 65.3 Å². The van der Waals surface area contributed by atoms with Crippen molar-refractivity contribution in [1.82, 2.24) is 9.97 Å². The van der Waals surface area contributed by atoms with Crippen molar-refractivity contribution in [2.24, 2.45) is 0 Å². The predicted molar refractivity (Wildman–Crippen MR) is 101 cm³/mol. The van der Waals surface area contributed by atoms with Gasteiger partial charge >= 0.3 is 0 Å². The van der Waals surface area contributed by atoms with Gasteiger partial charge in [-0.05, 0) is 42.8 Å². The van der Waals surface area contributed by atoms with E-state index in [4.69, 9.17) is 16.0 Å². The lowest BCUT2D eigenvalue weighted by Crippen LogP contribution is -2.13. The molecule has 2 heterocycles. The van der Waals surface area contributed by atoms with Crippen molar-refractivity contribution >= 4 is 34.3 Å². The maximum atomic E-state index is 12.5. The highest BCUT2D eigenvalue weighted by Gasteiger charge is 2.14. The average molecular weight is 364 g/mol. The number of hydrogen-bond donors (Lipinski definition) is 1. The lowest BCUT2D eigenvalue weighted by atomic mass is 10.1. The van der Waals surface area contributed by atoms with E-state index in [1.54, 1.807) is 6.07 Å². The van der Waals surface area contributed by atoms with Crippen LogP contribution >= 0.6 is 11.6 Å². The van der Waals surface area contributed by atoms with Crippen LogP contribution in [0.3, 0.4) is 0 Å². The van der Waals surface area contributed by atoms with Crippen molar-refractivity contribution in [2.45, 2.75) is 6.92 Å². The van der Waals surface area contributed by atoms with Crippen LogP contribution in [0, 0.1) is 6.92 Å². The number of fused-ring (bicyclic) bond motifs is 1. The molecule has 0 aliphatic heterocycles. The Balaban J connectivity index is 1.68. The number of aromatic nitrogens is 2. The summed E-state index contributed by atoms with van der Waals surface area (Å²) in [7, 11) is 0. The molecule has 0 aliphatic rings. The first-order valence-electron chi connectivity index (χ1n) is 7.99. The van der Waals surface area contributed by atoms with E-state index in [2.05, 4.69) is 15.3 Å². The quantitative estimate of drug-likeness (QED) is 0.549. The molecule has 0 fully saturated rings. The number of pyridine rings is 1. The van der Waals surface area contributed by atoms with Gasteiger partial charge in [-0.2, -0.15) is 0 Å². The van der Waals surface area contributed by atoms with Crippen LogP contribution in [0.2, 0.25) is 5.02 Å². The highest BCUT2D eigenvalue weighted by Crippen LogP contribution is 2.28. The minimum absolute atomic E-state index is 0.319. The van der Waals surface area contributed by atoms with Gasteiger partial charge in [0, 0.05) is 23.6 Å². The molecule has 6 heteroatoms. The molecule has 0 radical (unpaired) electrons. The van der Waals surface area contributed by atoms with Gasteiger partial charge in [0.15, 0.2) is 5.58 Å². The lowest BCUT2D eigenvalue weighted by Gasteiger charge is -2.10. The minimum Gasteiger partial charge on any atom is -0.436 e. The third-order valence-corrected chi connectivity index (χ3v) is 4.37. The van der Waals surface area contributed by atoms with Crippen molar-refractivity contribution < 1.29 is 9.21 Å². The molecule has 0 saturated heterocycles. The Bertz CT molecular complexity index is 1090. The molecular weight excluding hydrogens is 350 g/mol. The summed E-state index contributed by atoms with van der Waals surface area (Å²) in [5, 5.41) is 3.23. The second-order valence-electron chi connectivity index (χ2n) is 5.83. The topological polar surface area (TPSA) is 68.0 Å². The molecule has 0 aliphatic carbocycles. The van der Waals surface area contributed by atoms with Crippen molar-refractivity contribution in [2.75, 3.05) is 5.32 Å². The van der Waals surface area contributed by atoms with Gasteiger partial charge in [-0.1, -0.05) is 29.8 Å². The Labute approximate surface area is 154 Å². The first-order chi connectivity index (χ1) is 12.6. The van der Waals surface area contributed by atoms with Gasteiger partial charge in [-0.15, -0.1) is 0 Å². The maximum Gasteiger partial charge on any atom is 0.258 e. The number of nitrogens with zero attached hydrogens (tertiary/aromatic N) is 2. The molecule has 2 aromatic carbocycles. The molecule has 1 amide bonds. The minimum atomic E-state index is -0.319. The van der Waals surface area contributed by atoms with Gasteiger partial charge in [-0.3, -0.25) is 9.78 Å². The van der Waals surface area contributed by atoms with E-state index in [9.17, 15) is 4.79 Å². The second-order valence-corrected chi connectivity index (χ2v) is 6.23. The van der Waals surface area contributed by atoms with Crippen LogP contribution in [0.25, 0.3) is 22.6 Å². The number of carbonyl (C=O) groups excluding carboxylic acids is 1. The maximum absolute atomic E-state index is 12.5. The Morgan fingerprint density at radius 1 is 1.15 bits per heavy atom. The zero-order valence-corrected chi connectivity index (χ0v) is 14.6. The van der Waals surface area contributed by atoms with E-state index >= 15 is 0 Å². The Morgan fingerprint density at radius 2 is 2.00 bits per heavy atom. The first-order valence-corrected chi connectivity index (χ1v) is 8.37. The van der Waals surface area contributed by atoms with E-state index in [1.165, 1.54) is 12.4 Å². The normalized spacial score (nSPS) is 10.8. The number of carbonyl (C=O) groups is 1. The van der Waals surface area contributed by atoms with Crippen molar-refractivity contribution in [3.63, 3.8) is 0 Å². The number of rotatable bonds is 3. The largest absolute Gasteiger partial charge is 0.436 e. The number of hydrogen-bond acceptors (Lipinski definition) is 4. The van der Waals surface area contributed by atoms with Gasteiger partial charge in [0.2, 0.25) is 5.89 Å². The number of oxazole rings is 1. The number of para-hydroxylation sites is 2. The fraction of sp³-hybridized carbons (Fsp3) is 0.0500. The van der Waals surface area contributed by atoms with Gasteiger partial charge in [0.1, 0.15) is 5.52 Å². The molecule has 26 heavy (non-hydrogen) atoms. The van der Waals surface area contributed by atoms with E-state index in [0.717, 1.165) is 22.2 Å². The number of aryl methyl sites for hydroxylation is 1. The van der Waals surface area contributed by atoms with E-state index in [0.29, 0.717) is 22.2 Å². The van der Waals surface area contributed by atoms with E-state index in [1.807, 2.05) is 49.4 Å². The predicted octanol–water partition coefficient (Wildman–Crippen LogP) is 5.10. The standard InChI is InChI=1S/C20H14ClN3O2/c1-12-6-7-13(20-24-16-4-2-3-5-18(16)26-20)10-17(12)23-19(25)14-11-22-9-8-15(14)21/h2-11H,1H3,(H,23,25). The number of anilines is 1. The first kappa shape index (κ1) is 16.3. The lowest BCUT2D eigenvalue weighted by molar-refractivity contribution is 0.102. The van der Waals surface area contributed by atoms with Crippen LogP contribution in [0.5, 0.6) is 0 Å². The van der Waals surface area contributed by atoms with Gasteiger partial charge in [0.05, 0.1) is 10.6 Å². The number of amides is 1. The molecule has 2 aromatic heterocycles. The Morgan fingerprint density at radius 3 is 2.81 bits per heavy atom. The number of halogens is 1. The summed E-state index contributed by atoms with van der Waals surface area (Å²) >= 11 is 6.07. The third kappa shape index (κ3) is 3.05. The average Bonchev–Trinajstić information content (AvgIpc) is 3.08. The molecule has 5 nitrogen and oxygen atoms in total. The summed E-state index contributed by atoms with van der Waals surface area (Å²) in [6.45, 7) is 1.91. The molecule has 1 N–H and O–H groups in total. The zero-order valence-electron chi connectivity index (χ0n) is 13.9. The highest BCUT2D eigenvalue weighted by molar-refractivity contribution is 6.34. The van der Waals surface area contributed by atoms with E-state index in [-0.39, 0.29) is 5.91 Å². The third-order valence-electron chi connectivity index (χ3n) is 4.04. The Hall–Kier alpha value is -3.18. The Kier molecular flexibility index (Phi) is 4.14. The molecule has 4 rings (SSSR count). The smallest absolute Gasteiger partial charge is 0.258 e. The summed E-state index contributed by atoms with van der Waals surface area (Å²) in [5.74, 6) is 0.182. The van der Waals surface area contributed by atoms with Crippen LogP contribution in [-0.4, -0.2) is 15.9 Å². The van der Waals surface area contributed by atoms with Crippen LogP contribution in [0.4, 0.5) is 5.69 Å².